The van der Waals surface area contributed by atoms with Gasteiger partial charge in [-0.15, -0.1) is 0 Å². The number of benzene rings is 2. The first kappa shape index (κ1) is 16.6. The molecule has 2 aromatic carbocycles. The average Bonchev–Trinajstić information content (AvgIpc) is 3.03. The van der Waals surface area contributed by atoms with Gasteiger partial charge >= 0.3 is 5.97 Å². The van der Waals surface area contributed by atoms with Crippen molar-refractivity contribution >= 4 is 22.9 Å². The Hall–Kier alpha value is -3.21. The molecule has 3 rings (SSSR count). The molecular formula is C20H19NO4. The molecule has 5 heteroatoms. The number of aromatic hydroxyl groups is 1. The predicted octanol–water partition coefficient (Wildman–Crippen LogP) is 4.43. The molecular weight excluding hydrogens is 318 g/mol. The minimum absolute atomic E-state index is 0.00769. The minimum atomic E-state index is -0.959. The number of H-pyrrole nitrogens is 1. The van der Waals surface area contributed by atoms with Crippen molar-refractivity contribution < 1.29 is 19.7 Å². The number of rotatable bonds is 5. The quantitative estimate of drug-likeness (QED) is 0.602. The first-order valence-electron chi connectivity index (χ1n) is 7.97. The largest absolute Gasteiger partial charge is 0.504 e. The van der Waals surface area contributed by atoms with Crippen LogP contribution in [0.5, 0.6) is 11.5 Å². The molecule has 0 atom stereocenters. The number of hydrogen-bond acceptors (Lipinski definition) is 3. The summed E-state index contributed by atoms with van der Waals surface area (Å²) < 4.78 is 5.42. The fraction of sp³-hybridized carbons (Fsp3) is 0.150. The van der Waals surface area contributed by atoms with Crippen LogP contribution in [0.15, 0.2) is 48.2 Å². The van der Waals surface area contributed by atoms with Crippen molar-refractivity contribution in [1.82, 2.24) is 4.98 Å². The molecule has 0 amide bonds. The number of hydrogen-bond donors (Lipinski definition) is 3. The molecule has 0 unspecified atom stereocenters. The van der Waals surface area contributed by atoms with E-state index in [1.54, 1.807) is 19.1 Å². The number of carboxylic acids is 1. The molecule has 0 radical (unpaired) electrons. The van der Waals surface area contributed by atoms with Crippen LogP contribution in [-0.2, 0) is 4.79 Å². The number of ether oxygens (including phenoxy) is 1. The number of phenols is 1. The lowest BCUT2D eigenvalue weighted by molar-refractivity contribution is -0.132. The van der Waals surface area contributed by atoms with Gasteiger partial charge in [-0.3, -0.25) is 0 Å². The van der Waals surface area contributed by atoms with Crippen LogP contribution in [0.1, 0.15) is 18.9 Å². The van der Waals surface area contributed by atoms with Gasteiger partial charge in [0.2, 0.25) is 0 Å². The van der Waals surface area contributed by atoms with Crippen LogP contribution in [0.4, 0.5) is 0 Å². The summed E-state index contributed by atoms with van der Waals surface area (Å²) in [6, 6.07) is 11.0. The summed E-state index contributed by atoms with van der Waals surface area (Å²) in [6.45, 7) is 1.79. The zero-order chi connectivity index (χ0) is 18.0. The number of aliphatic carboxylic acids is 1. The molecule has 0 spiro atoms. The van der Waals surface area contributed by atoms with E-state index in [-0.39, 0.29) is 11.3 Å². The molecule has 0 saturated carbocycles. The van der Waals surface area contributed by atoms with E-state index < -0.39 is 5.97 Å². The van der Waals surface area contributed by atoms with E-state index >= 15 is 0 Å². The highest BCUT2D eigenvalue weighted by Gasteiger charge is 2.19. The Kier molecular flexibility index (Phi) is 4.48. The number of fused-ring (bicyclic) bond motifs is 1. The normalized spacial score (nSPS) is 11.7. The van der Waals surface area contributed by atoms with Crippen LogP contribution in [0, 0.1) is 0 Å². The van der Waals surface area contributed by atoms with E-state index in [0.717, 1.165) is 16.5 Å². The second-order valence-corrected chi connectivity index (χ2v) is 5.66. The third-order valence-corrected chi connectivity index (χ3v) is 4.22. The predicted molar refractivity (Wildman–Crippen MR) is 97.9 cm³/mol. The first-order valence-corrected chi connectivity index (χ1v) is 7.97. The van der Waals surface area contributed by atoms with Gasteiger partial charge in [0.1, 0.15) is 0 Å². The van der Waals surface area contributed by atoms with Gasteiger partial charge in [-0.1, -0.05) is 31.2 Å². The molecule has 0 bridgehead atoms. The van der Waals surface area contributed by atoms with E-state index in [4.69, 9.17) is 4.74 Å². The Bertz CT molecular complexity index is 969. The van der Waals surface area contributed by atoms with Crippen LogP contribution in [0.25, 0.3) is 28.1 Å². The van der Waals surface area contributed by atoms with Gasteiger partial charge in [0, 0.05) is 33.8 Å². The number of methoxy groups -OCH3 is 1. The van der Waals surface area contributed by atoms with Crippen molar-refractivity contribution in [3.05, 3.63) is 53.7 Å². The molecule has 1 heterocycles. The van der Waals surface area contributed by atoms with Crippen molar-refractivity contribution in [2.45, 2.75) is 13.3 Å². The van der Waals surface area contributed by atoms with Crippen LogP contribution in [0.2, 0.25) is 0 Å². The van der Waals surface area contributed by atoms with Gasteiger partial charge in [-0.05, 0) is 30.2 Å². The van der Waals surface area contributed by atoms with Gasteiger partial charge in [-0.2, -0.15) is 0 Å². The number of carbonyl (C=O) groups is 1. The number of nitrogens with one attached hydrogen (secondary N) is 1. The maximum Gasteiger partial charge on any atom is 0.331 e. The molecule has 0 fully saturated rings. The third-order valence-electron chi connectivity index (χ3n) is 4.22. The maximum atomic E-state index is 11.4. The maximum absolute atomic E-state index is 11.4. The molecule has 25 heavy (non-hydrogen) atoms. The van der Waals surface area contributed by atoms with Gasteiger partial charge in [0.05, 0.1) is 7.11 Å². The number of para-hydroxylation sites is 1. The summed E-state index contributed by atoms with van der Waals surface area (Å²) in [4.78, 5) is 14.6. The van der Waals surface area contributed by atoms with Crippen LogP contribution < -0.4 is 4.74 Å². The van der Waals surface area contributed by atoms with E-state index in [1.165, 1.54) is 13.2 Å². The summed E-state index contributed by atoms with van der Waals surface area (Å²) in [6.07, 6.45) is 3.86. The lowest BCUT2D eigenvalue weighted by atomic mass is 9.95. The highest BCUT2D eigenvalue weighted by Crippen LogP contribution is 2.43. The molecule has 3 aromatic rings. The molecule has 1 aromatic heterocycles. The average molecular weight is 337 g/mol. The zero-order valence-electron chi connectivity index (χ0n) is 14.0. The third kappa shape index (κ3) is 2.96. The standard InChI is InChI=1S/C20H19NO4/c1-3-12(20(23)24)10-13-8-9-17(22)19(25-2)18(13)15-11-21-16-7-5-4-6-14(15)16/h4-11,21-22H,3H2,1-2H3,(H,23,24)/b12-10+. The number of aromatic amines is 1. The Morgan fingerprint density at radius 3 is 2.68 bits per heavy atom. The zero-order valence-corrected chi connectivity index (χ0v) is 14.0. The van der Waals surface area contributed by atoms with Crippen molar-refractivity contribution in [3.63, 3.8) is 0 Å². The van der Waals surface area contributed by atoms with Crippen molar-refractivity contribution in [2.75, 3.05) is 7.11 Å². The molecule has 0 saturated heterocycles. The molecule has 0 aliphatic rings. The number of carboxylic acid groups (broad SMARTS) is 1. The van der Waals surface area contributed by atoms with Crippen molar-refractivity contribution in [3.8, 4) is 22.6 Å². The van der Waals surface area contributed by atoms with Gasteiger partial charge in [0.25, 0.3) is 0 Å². The summed E-state index contributed by atoms with van der Waals surface area (Å²) in [5.41, 5.74) is 3.42. The smallest absolute Gasteiger partial charge is 0.331 e. The summed E-state index contributed by atoms with van der Waals surface area (Å²) >= 11 is 0. The molecule has 0 aliphatic heterocycles. The summed E-state index contributed by atoms with van der Waals surface area (Å²) in [5.74, 6) is -0.632. The lowest BCUT2D eigenvalue weighted by Gasteiger charge is -2.14. The summed E-state index contributed by atoms with van der Waals surface area (Å²) in [5, 5.41) is 20.5. The Morgan fingerprint density at radius 2 is 2.00 bits per heavy atom. The highest BCUT2D eigenvalue weighted by atomic mass is 16.5. The fourth-order valence-electron chi connectivity index (χ4n) is 2.97. The Balaban J connectivity index is 2.34. The highest BCUT2D eigenvalue weighted by molar-refractivity contribution is 6.01. The number of aromatic nitrogens is 1. The first-order chi connectivity index (χ1) is 12.1. The van der Waals surface area contributed by atoms with E-state index in [2.05, 4.69) is 4.98 Å². The molecule has 128 valence electrons. The van der Waals surface area contributed by atoms with Crippen LogP contribution in [-0.4, -0.2) is 28.3 Å². The second kappa shape index (κ2) is 6.73. The SMILES string of the molecule is CC/C(=C\c1ccc(O)c(OC)c1-c1c[nH]c2ccccc12)C(=O)O. The Morgan fingerprint density at radius 1 is 1.24 bits per heavy atom. The molecule has 0 aliphatic carbocycles. The van der Waals surface area contributed by atoms with E-state index in [1.807, 2.05) is 30.5 Å². The Labute approximate surface area is 145 Å². The van der Waals surface area contributed by atoms with Crippen LogP contribution >= 0.6 is 0 Å². The molecule has 3 N–H and O–H groups in total. The second-order valence-electron chi connectivity index (χ2n) is 5.66. The minimum Gasteiger partial charge on any atom is -0.504 e. The fourth-order valence-corrected chi connectivity index (χ4v) is 2.97. The van der Waals surface area contributed by atoms with Gasteiger partial charge in [-0.25, -0.2) is 4.79 Å². The monoisotopic (exact) mass is 337 g/mol. The van der Waals surface area contributed by atoms with Crippen LogP contribution in [0.3, 0.4) is 0 Å². The van der Waals surface area contributed by atoms with E-state index in [9.17, 15) is 15.0 Å². The number of phenolic OH excluding ortho intramolecular Hbond substituents is 1. The van der Waals surface area contributed by atoms with Gasteiger partial charge < -0.3 is 19.9 Å². The van der Waals surface area contributed by atoms with Gasteiger partial charge in [0.15, 0.2) is 11.5 Å². The van der Waals surface area contributed by atoms with Crippen molar-refractivity contribution in [1.29, 1.82) is 0 Å². The lowest BCUT2D eigenvalue weighted by Crippen LogP contribution is -1.99. The van der Waals surface area contributed by atoms with E-state index in [0.29, 0.717) is 23.3 Å². The van der Waals surface area contributed by atoms with Crippen molar-refractivity contribution in [2.24, 2.45) is 0 Å². The summed E-state index contributed by atoms with van der Waals surface area (Å²) in [7, 11) is 1.48. The molecule has 5 nitrogen and oxygen atoms in total. The topological polar surface area (TPSA) is 82.5 Å².